The van der Waals surface area contributed by atoms with Gasteiger partial charge in [-0.25, -0.2) is 0 Å². The van der Waals surface area contributed by atoms with Crippen LogP contribution in [0.25, 0.3) is 0 Å². The highest BCUT2D eigenvalue weighted by molar-refractivity contribution is 6.31. The second-order valence-electron chi connectivity index (χ2n) is 6.07. The Kier molecular flexibility index (Phi) is 7.07. The number of aryl methyl sites for hydroxylation is 1. The fraction of sp³-hybridized carbons (Fsp3) is 0.300. The number of ether oxygens (including phenoxy) is 2. The molecule has 0 aliphatic carbocycles. The second-order valence-corrected chi connectivity index (χ2v) is 6.48. The number of methoxy groups -OCH3 is 2. The van der Waals surface area contributed by atoms with E-state index in [-0.39, 0.29) is 18.4 Å². The highest BCUT2D eigenvalue weighted by Crippen LogP contribution is 2.30. The van der Waals surface area contributed by atoms with Crippen LogP contribution in [0.1, 0.15) is 18.1 Å². The van der Waals surface area contributed by atoms with Gasteiger partial charge < -0.3 is 19.7 Å². The Labute approximate surface area is 164 Å². The van der Waals surface area contributed by atoms with Crippen LogP contribution in [-0.4, -0.2) is 37.5 Å². The molecule has 7 heteroatoms. The zero-order valence-electron chi connectivity index (χ0n) is 15.8. The van der Waals surface area contributed by atoms with E-state index in [0.717, 1.165) is 16.9 Å². The normalized spacial score (nSPS) is 10.3. The predicted octanol–water partition coefficient (Wildman–Crippen LogP) is 3.65. The van der Waals surface area contributed by atoms with Crippen molar-refractivity contribution in [3.8, 4) is 11.5 Å². The summed E-state index contributed by atoms with van der Waals surface area (Å²) in [6.45, 7) is 3.52. The first-order valence-electron chi connectivity index (χ1n) is 8.36. The lowest BCUT2D eigenvalue weighted by molar-refractivity contribution is -0.133. The molecule has 0 aromatic heterocycles. The first kappa shape index (κ1) is 20.6. The highest BCUT2D eigenvalue weighted by atomic mass is 35.5. The topological polar surface area (TPSA) is 67.9 Å². The number of rotatable bonds is 7. The number of halogens is 1. The maximum Gasteiger partial charge on any atom is 0.244 e. The summed E-state index contributed by atoms with van der Waals surface area (Å²) in [6, 6.07) is 10.7. The summed E-state index contributed by atoms with van der Waals surface area (Å²) in [6.07, 6.45) is 0. The van der Waals surface area contributed by atoms with E-state index in [9.17, 15) is 9.59 Å². The van der Waals surface area contributed by atoms with Crippen molar-refractivity contribution in [1.29, 1.82) is 0 Å². The molecular weight excluding hydrogens is 368 g/mol. The number of carbonyl (C=O) groups excluding carboxylic acids is 2. The third-order valence-electron chi connectivity index (χ3n) is 4.07. The molecule has 2 aromatic rings. The van der Waals surface area contributed by atoms with Crippen molar-refractivity contribution in [2.75, 3.05) is 26.1 Å². The van der Waals surface area contributed by atoms with Crippen LogP contribution in [0.4, 0.5) is 5.69 Å². The number of hydrogen-bond donors (Lipinski definition) is 1. The van der Waals surface area contributed by atoms with E-state index in [1.165, 1.54) is 18.9 Å². The van der Waals surface area contributed by atoms with Gasteiger partial charge in [0, 0.05) is 24.6 Å². The molecule has 0 atom stereocenters. The van der Waals surface area contributed by atoms with Crippen LogP contribution in [0.2, 0.25) is 5.02 Å². The highest BCUT2D eigenvalue weighted by Gasteiger charge is 2.16. The zero-order chi connectivity index (χ0) is 20.0. The molecule has 0 aliphatic rings. The lowest BCUT2D eigenvalue weighted by Crippen LogP contribution is -2.36. The number of nitrogens with zero attached hydrogens (tertiary/aromatic N) is 1. The Morgan fingerprint density at radius 2 is 1.78 bits per heavy atom. The predicted molar refractivity (Wildman–Crippen MR) is 105 cm³/mol. The fourth-order valence-corrected chi connectivity index (χ4v) is 2.68. The molecule has 0 saturated carbocycles. The Morgan fingerprint density at radius 1 is 1.11 bits per heavy atom. The molecule has 2 aromatic carbocycles. The van der Waals surface area contributed by atoms with Crippen molar-refractivity contribution in [2.45, 2.75) is 20.4 Å². The molecule has 144 valence electrons. The average Bonchev–Trinajstić information content (AvgIpc) is 2.64. The number of benzene rings is 2. The van der Waals surface area contributed by atoms with Crippen LogP contribution >= 0.6 is 11.6 Å². The van der Waals surface area contributed by atoms with Gasteiger partial charge in [-0.1, -0.05) is 23.7 Å². The molecule has 0 bridgehead atoms. The van der Waals surface area contributed by atoms with Gasteiger partial charge in [0.05, 0.1) is 19.9 Å². The van der Waals surface area contributed by atoms with Crippen molar-refractivity contribution in [3.63, 3.8) is 0 Å². The number of amides is 2. The SMILES string of the molecule is COc1ccc(CN(CC(=O)Nc2cc(C)c(Cl)cc2OC)C(C)=O)cc1. The molecular formula is C20H23ClN2O4. The summed E-state index contributed by atoms with van der Waals surface area (Å²) in [5.74, 6) is 0.679. The zero-order valence-corrected chi connectivity index (χ0v) is 16.6. The molecule has 27 heavy (non-hydrogen) atoms. The lowest BCUT2D eigenvalue weighted by atomic mass is 10.2. The number of hydrogen-bond acceptors (Lipinski definition) is 4. The molecule has 0 unspecified atom stereocenters. The summed E-state index contributed by atoms with van der Waals surface area (Å²) in [4.78, 5) is 25.9. The quantitative estimate of drug-likeness (QED) is 0.783. The van der Waals surface area contributed by atoms with Crippen molar-refractivity contribution in [2.24, 2.45) is 0 Å². The lowest BCUT2D eigenvalue weighted by Gasteiger charge is -2.21. The minimum Gasteiger partial charge on any atom is -0.497 e. The van der Waals surface area contributed by atoms with Crippen molar-refractivity contribution in [1.82, 2.24) is 4.90 Å². The van der Waals surface area contributed by atoms with Crippen LogP contribution in [0.5, 0.6) is 11.5 Å². The van der Waals surface area contributed by atoms with Crippen LogP contribution in [0, 0.1) is 6.92 Å². The summed E-state index contributed by atoms with van der Waals surface area (Å²) in [5.41, 5.74) is 2.23. The van der Waals surface area contributed by atoms with Gasteiger partial charge in [0.1, 0.15) is 18.0 Å². The van der Waals surface area contributed by atoms with Gasteiger partial charge in [0.2, 0.25) is 11.8 Å². The standard InChI is InChI=1S/C20H23ClN2O4/c1-13-9-18(19(27-4)10-17(13)21)22-20(25)12-23(14(2)24)11-15-5-7-16(26-3)8-6-15/h5-10H,11-12H2,1-4H3,(H,22,25). The van der Waals surface area contributed by atoms with Gasteiger partial charge in [-0.15, -0.1) is 0 Å². The molecule has 0 heterocycles. The van der Waals surface area contributed by atoms with Gasteiger partial charge >= 0.3 is 0 Å². The summed E-state index contributed by atoms with van der Waals surface area (Å²) in [5, 5.41) is 3.33. The molecule has 0 saturated heterocycles. The molecule has 0 aliphatic heterocycles. The third-order valence-corrected chi connectivity index (χ3v) is 4.47. The molecule has 0 fully saturated rings. The maximum atomic E-state index is 12.5. The van der Waals surface area contributed by atoms with Gasteiger partial charge in [-0.2, -0.15) is 0 Å². The second kappa shape index (κ2) is 9.28. The van der Waals surface area contributed by atoms with Gasteiger partial charge in [0.25, 0.3) is 0 Å². The summed E-state index contributed by atoms with van der Waals surface area (Å²) in [7, 11) is 3.09. The monoisotopic (exact) mass is 390 g/mol. The van der Waals surface area contributed by atoms with Crippen LogP contribution in [0.3, 0.4) is 0 Å². The van der Waals surface area contributed by atoms with E-state index >= 15 is 0 Å². The minimum atomic E-state index is -0.321. The first-order valence-corrected chi connectivity index (χ1v) is 8.74. The molecule has 1 N–H and O–H groups in total. The molecule has 0 spiro atoms. The van der Waals surface area contributed by atoms with Crippen molar-refractivity contribution >= 4 is 29.1 Å². The van der Waals surface area contributed by atoms with Crippen molar-refractivity contribution < 1.29 is 19.1 Å². The Morgan fingerprint density at radius 3 is 2.33 bits per heavy atom. The Balaban J connectivity index is 2.08. The number of anilines is 1. The summed E-state index contributed by atoms with van der Waals surface area (Å²) >= 11 is 6.08. The molecule has 2 amide bonds. The van der Waals surface area contributed by atoms with Crippen LogP contribution in [-0.2, 0) is 16.1 Å². The van der Waals surface area contributed by atoms with Crippen LogP contribution in [0.15, 0.2) is 36.4 Å². The van der Waals surface area contributed by atoms with E-state index in [1.807, 2.05) is 31.2 Å². The third kappa shape index (κ3) is 5.62. The Hall–Kier alpha value is -2.73. The number of carbonyl (C=O) groups is 2. The molecule has 2 rings (SSSR count). The summed E-state index contributed by atoms with van der Waals surface area (Å²) < 4.78 is 10.4. The Bertz CT molecular complexity index is 821. The molecule has 6 nitrogen and oxygen atoms in total. The number of nitrogens with one attached hydrogen (secondary N) is 1. The molecule has 0 radical (unpaired) electrons. The van der Waals surface area contributed by atoms with Crippen molar-refractivity contribution in [3.05, 3.63) is 52.5 Å². The minimum absolute atomic E-state index is 0.0772. The maximum absolute atomic E-state index is 12.5. The van der Waals surface area contributed by atoms with Gasteiger partial charge in [0.15, 0.2) is 0 Å². The van der Waals surface area contributed by atoms with Gasteiger partial charge in [-0.05, 0) is 36.2 Å². The van der Waals surface area contributed by atoms with Crippen LogP contribution < -0.4 is 14.8 Å². The van der Waals surface area contributed by atoms with E-state index in [0.29, 0.717) is 23.0 Å². The van der Waals surface area contributed by atoms with E-state index in [1.54, 1.807) is 19.2 Å². The fourth-order valence-electron chi connectivity index (χ4n) is 2.52. The van der Waals surface area contributed by atoms with Gasteiger partial charge in [-0.3, -0.25) is 9.59 Å². The smallest absolute Gasteiger partial charge is 0.244 e. The van der Waals surface area contributed by atoms with E-state index in [4.69, 9.17) is 21.1 Å². The van der Waals surface area contributed by atoms with E-state index in [2.05, 4.69) is 5.32 Å². The average molecular weight is 391 g/mol. The first-order chi connectivity index (χ1) is 12.8. The van der Waals surface area contributed by atoms with E-state index < -0.39 is 0 Å². The largest absolute Gasteiger partial charge is 0.497 e.